The highest BCUT2D eigenvalue weighted by Crippen LogP contribution is 2.17. The van der Waals surface area contributed by atoms with Gasteiger partial charge in [-0.2, -0.15) is 5.26 Å². The second-order valence-electron chi connectivity index (χ2n) is 6.83. The number of anilines is 1. The molecule has 0 spiro atoms. The minimum atomic E-state index is -0.567. The van der Waals surface area contributed by atoms with Crippen LogP contribution in [0, 0.1) is 17.1 Å². The quantitative estimate of drug-likeness (QED) is 0.785. The molecule has 5 nitrogen and oxygen atoms in total. The molecular weight excluding hydrogens is 345 g/mol. The second kappa shape index (κ2) is 9.36. The van der Waals surface area contributed by atoms with Crippen molar-refractivity contribution in [2.45, 2.75) is 25.0 Å². The number of aliphatic hydroxyl groups excluding tert-OH is 1. The number of benzene rings is 2. The minimum Gasteiger partial charge on any atom is -0.491 e. The molecule has 0 bridgehead atoms. The highest BCUT2D eigenvalue weighted by atomic mass is 19.1. The molecule has 0 radical (unpaired) electrons. The first-order chi connectivity index (χ1) is 13.1. The van der Waals surface area contributed by atoms with Crippen molar-refractivity contribution in [2.75, 3.05) is 31.6 Å². The number of ether oxygens (including phenoxy) is 1. The summed E-state index contributed by atoms with van der Waals surface area (Å²) in [5.41, 5.74) is 1.52. The van der Waals surface area contributed by atoms with Crippen LogP contribution < -0.4 is 10.1 Å². The summed E-state index contributed by atoms with van der Waals surface area (Å²) in [6, 6.07) is 15.7. The van der Waals surface area contributed by atoms with Gasteiger partial charge in [0.25, 0.3) is 0 Å². The van der Waals surface area contributed by atoms with Crippen LogP contribution in [0.1, 0.15) is 18.4 Å². The number of hydrogen-bond acceptors (Lipinski definition) is 5. The number of piperidine rings is 1. The number of halogens is 1. The Hall–Kier alpha value is -2.62. The first kappa shape index (κ1) is 19.2. The lowest BCUT2D eigenvalue weighted by molar-refractivity contribution is 0.0605. The maximum atomic E-state index is 13.0. The molecule has 0 aliphatic carbocycles. The summed E-state index contributed by atoms with van der Waals surface area (Å²) in [5.74, 6) is 0.419. The van der Waals surface area contributed by atoms with Gasteiger partial charge in [0, 0.05) is 31.4 Å². The third kappa shape index (κ3) is 5.95. The summed E-state index contributed by atoms with van der Waals surface area (Å²) >= 11 is 0. The molecule has 1 fully saturated rings. The molecule has 2 aromatic carbocycles. The van der Waals surface area contributed by atoms with Crippen LogP contribution in [-0.2, 0) is 0 Å². The van der Waals surface area contributed by atoms with Crippen LogP contribution in [0.5, 0.6) is 5.75 Å². The number of rotatable bonds is 7. The normalized spacial score (nSPS) is 16.5. The third-order valence-electron chi connectivity index (χ3n) is 4.70. The van der Waals surface area contributed by atoms with E-state index in [1.165, 1.54) is 12.1 Å². The molecule has 2 aromatic rings. The minimum absolute atomic E-state index is 0.222. The molecule has 0 aromatic heterocycles. The molecule has 0 saturated carbocycles. The van der Waals surface area contributed by atoms with Crippen molar-refractivity contribution in [3.63, 3.8) is 0 Å². The van der Waals surface area contributed by atoms with Crippen LogP contribution in [0.2, 0.25) is 0 Å². The van der Waals surface area contributed by atoms with Gasteiger partial charge in [-0.05, 0) is 61.4 Å². The Balaban J connectivity index is 1.36. The molecule has 1 atom stereocenters. The van der Waals surface area contributed by atoms with Gasteiger partial charge in [-0.3, -0.25) is 0 Å². The number of β-amino-alcohol motifs (C(OH)–C–C–N with tert-alkyl or cyclic N) is 1. The van der Waals surface area contributed by atoms with E-state index in [9.17, 15) is 9.50 Å². The lowest BCUT2D eigenvalue weighted by Gasteiger charge is -2.33. The van der Waals surface area contributed by atoms with Gasteiger partial charge < -0.3 is 20.1 Å². The molecule has 27 heavy (non-hydrogen) atoms. The van der Waals surface area contributed by atoms with Gasteiger partial charge >= 0.3 is 0 Å². The molecule has 6 heteroatoms. The van der Waals surface area contributed by atoms with Crippen LogP contribution in [0.25, 0.3) is 0 Å². The zero-order valence-corrected chi connectivity index (χ0v) is 15.1. The van der Waals surface area contributed by atoms with Crippen molar-refractivity contribution < 1.29 is 14.2 Å². The van der Waals surface area contributed by atoms with E-state index < -0.39 is 6.10 Å². The Kier molecular flexibility index (Phi) is 6.64. The van der Waals surface area contributed by atoms with Gasteiger partial charge in [-0.1, -0.05) is 0 Å². The number of aliphatic hydroxyl groups is 1. The summed E-state index contributed by atoms with van der Waals surface area (Å²) in [4.78, 5) is 2.23. The van der Waals surface area contributed by atoms with Crippen molar-refractivity contribution in [1.29, 1.82) is 5.26 Å². The van der Waals surface area contributed by atoms with E-state index in [0.717, 1.165) is 31.6 Å². The number of nitrogens with one attached hydrogen (secondary N) is 1. The summed E-state index contributed by atoms with van der Waals surface area (Å²) in [6.45, 7) is 2.58. The van der Waals surface area contributed by atoms with Crippen LogP contribution in [-0.4, -0.2) is 48.4 Å². The molecular formula is C21H24FN3O2. The van der Waals surface area contributed by atoms with Crippen molar-refractivity contribution in [2.24, 2.45) is 0 Å². The van der Waals surface area contributed by atoms with E-state index in [1.807, 2.05) is 0 Å². The number of likely N-dealkylation sites (tertiary alicyclic amines) is 1. The average molecular weight is 369 g/mol. The molecule has 1 unspecified atom stereocenters. The maximum Gasteiger partial charge on any atom is 0.123 e. The van der Waals surface area contributed by atoms with E-state index >= 15 is 0 Å². The number of hydrogen-bond donors (Lipinski definition) is 2. The Morgan fingerprint density at radius 2 is 1.81 bits per heavy atom. The smallest absolute Gasteiger partial charge is 0.123 e. The molecule has 142 valence electrons. The van der Waals surface area contributed by atoms with Crippen molar-refractivity contribution in [3.8, 4) is 11.8 Å². The van der Waals surface area contributed by atoms with Gasteiger partial charge in [-0.25, -0.2) is 4.39 Å². The Morgan fingerprint density at radius 1 is 1.15 bits per heavy atom. The highest BCUT2D eigenvalue weighted by Gasteiger charge is 2.21. The van der Waals surface area contributed by atoms with Gasteiger partial charge in [0.05, 0.1) is 11.6 Å². The Morgan fingerprint density at radius 3 is 2.44 bits per heavy atom. The molecule has 1 aliphatic heterocycles. The lowest BCUT2D eigenvalue weighted by Crippen LogP contribution is -2.43. The standard InChI is InChI=1S/C21H24FN3O2/c22-17-3-5-18(6-4-17)24-19-9-11-25(12-10-19)14-20(26)15-27-21-7-1-16(13-23)2-8-21/h1-8,19-20,24,26H,9-12,14-15H2. The molecule has 1 heterocycles. The summed E-state index contributed by atoms with van der Waals surface area (Å²) < 4.78 is 18.6. The first-order valence-electron chi connectivity index (χ1n) is 9.18. The van der Waals surface area contributed by atoms with Crippen LogP contribution in [0.3, 0.4) is 0 Å². The Labute approximate surface area is 159 Å². The number of nitriles is 1. The maximum absolute atomic E-state index is 13.0. The Bertz CT molecular complexity index is 750. The fourth-order valence-electron chi connectivity index (χ4n) is 3.21. The monoisotopic (exact) mass is 369 g/mol. The molecule has 3 rings (SSSR count). The van der Waals surface area contributed by atoms with E-state index in [1.54, 1.807) is 36.4 Å². The van der Waals surface area contributed by atoms with Crippen LogP contribution >= 0.6 is 0 Å². The first-order valence-corrected chi connectivity index (χ1v) is 9.18. The fourth-order valence-corrected chi connectivity index (χ4v) is 3.21. The van der Waals surface area contributed by atoms with Gasteiger partial charge in [-0.15, -0.1) is 0 Å². The van der Waals surface area contributed by atoms with Crippen LogP contribution in [0.4, 0.5) is 10.1 Å². The predicted octanol–water partition coefficient (Wildman–Crippen LogP) is 3.01. The fraction of sp³-hybridized carbons (Fsp3) is 0.381. The molecule has 1 saturated heterocycles. The largest absolute Gasteiger partial charge is 0.491 e. The molecule has 1 aliphatic rings. The van der Waals surface area contributed by atoms with E-state index in [4.69, 9.17) is 10.00 Å². The SMILES string of the molecule is N#Cc1ccc(OCC(O)CN2CCC(Nc3ccc(F)cc3)CC2)cc1. The predicted molar refractivity (Wildman–Crippen MR) is 102 cm³/mol. The molecule has 0 amide bonds. The van der Waals surface area contributed by atoms with Gasteiger partial charge in [0.15, 0.2) is 0 Å². The highest BCUT2D eigenvalue weighted by molar-refractivity contribution is 5.43. The van der Waals surface area contributed by atoms with E-state index in [-0.39, 0.29) is 12.4 Å². The van der Waals surface area contributed by atoms with Crippen molar-refractivity contribution in [3.05, 3.63) is 59.9 Å². The summed E-state index contributed by atoms with van der Waals surface area (Å²) in [5, 5.41) is 22.4. The van der Waals surface area contributed by atoms with Crippen molar-refractivity contribution >= 4 is 5.69 Å². The lowest BCUT2D eigenvalue weighted by atomic mass is 10.0. The third-order valence-corrected chi connectivity index (χ3v) is 4.70. The number of nitrogens with zero attached hydrogens (tertiary/aromatic N) is 2. The zero-order chi connectivity index (χ0) is 19.1. The van der Waals surface area contributed by atoms with E-state index in [0.29, 0.717) is 23.9 Å². The molecule has 2 N–H and O–H groups in total. The van der Waals surface area contributed by atoms with E-state index in [2.05, 4.69) is 16.3 Å². The van der Waals surface area contributed by atoms with Crippen LogP contribution in [0.15, 0.2) is 48.5 Å². The van der Waals surface area contributed by atoms with Gasteiger partial charge in [0.1, 0.15) is 24.3 Å². The second-order valence-corrected chi connectivity index (χ2v) is 6.83. The van der Waals surface area contributed by atoms with Crippen molar-refractivity contribution in [1.82, 2.24) is 4.90 Å². The topological polar surface area (TPSA) is 68.5 Å². The average Bonchev–Trinajstić information content (AvgIpc) is 2.70. The summed E-state index contributed by atoms with van der Waals surface area (Å²) in [7, 11) is 0. The zero-order valence-electron chi connectivity index (χ0n) is 15.1. The summed E-state index contributed by atoms with van der Waals surface area (Å²) in [6.07, 6.45) is 1.38. The van der Waals surface area contributed by atoms with Gasteiger partial charge in [0.2, 0.25) is 0 Å².